The maximum atomic E-state index is 13.9. The number of likely N-dealkylation sites (N-methyl/N-ethyl adjacent to an activating group) is 1. The zero-order chi connectivity index (χ0) is 16.1. The van der Waals surface area contributed by atoms with Crippen LogP contribution in [0.5, 0.6) is 5.75 Å². The molecule has 0 aromatic heterocycles. The van der Waals surface area contributed by atoms with Crippen molar-refractivity contribution in [3.05, 3.63) is 24.0 Å². The first-order valence-electron chi connectivity index (χ1n) is 7.51. The van der Waals surface area contributed by atoms with E-state index < -0.39 is 11.9 Å². The molecule has 1 fully saturated rings. The van der Waals surface area contributed by atoms with Gasteiger partial charge in [0.25, 0.3) is 0 Å². The van der Waals surface area contributed by atoms with Crippen LogP contribution < -0.4 is 10.1 Å². The van der Waals surface area contributed by atoms with Gasteiger partial charge >= 0.3 is 0 Å². The third-order valence-electron chi connectivity index (χ3n) is 3.69. The number of nitrogens with zero attached hydrogens (tertiary/aromatic N) is 1. The van der Waals surface area contributed by atoms with Gasteiger partial charge in [-0.25, -0.2) is 4.39 Å². The summed E-state index contributed by atoms with van der Waals surface area (Å²) in [6.45, 7) is 2.38. The van der Waals surface area contributed by atoms with Crippen LogP contribution in [0.1, 0.15) is 32.6 Å². The monoisotopic (exact) mass is 308 g/mol. The predicted octanol–water partition coefficient (Wildman–Crippen LogP) is 2.56. The lowest BCUT2D eigenvalue weighted by Crippen LogP contribution is -2.47. The number of amides is 2. The molecule has 5 nitrogen and oxygen atoms in total. The summed E-state index contributed by atoms with van der Waals surface area (Å²) in [4.78, 5) is 25.3. The lowest BCUT2D eigenvalue weighted by atomic mass is 10.0. The largest absolute Gasteiger partial charge is 0.491 e. The fourth-order valence-electron chi connectivity index (χ4n) is 2.43. The van der Waals surface area contributed by atoms with Crippen LogP contribution in [-0.4, -0.2) is 36.4 Å². The van der Waals surface area contributed by atoms with E-state index in [1.54, 1.807) is 13.1 Å². The van der Waals surface area contributed by atoms with Crippen molar-refractivity contribution in [1.82, 2.24) is 4.90 Å². The van der Waals surface area contributed by atoms with E-state index in [2.05, 4.69) is 5.32 Å². The summed E-state index contributed by atoms with van der Waals surface area (Å²) < 4.78 is 19.1. The number of hydrogen-bond donors (Lipinski definition) is 1. The summed E-state index contributed by atoms with van der Waals surface area (Å²) in [6, 6.07) is 3.82. The third-order valence-corrected chi connectivity index (χ3v) is 3.69. The van der Waals surface area contributed by atoms with Gasteiger partial charge in [-0.2, -0.15) is 0 Å². The fraction of sp³-hybridized carbons (Fsp3) is 0.500. The molecule has 22 heavy (non-hydrogen) atoms. The number of benzene rings is 1. The number of carbonyl (C=O) groups is 2. The number of hydrogen-bond acceptors (Lipinski definition) is 3. The van der Waals surface area contributed by atoms with Crippen LogP contribution in [0.25, 0.3) is 0 Å². The van der Waals surface area contributed by atoms with Crippen molar-refractivity contribution in [1.29, 1.82) is 0 Å². The van der Waals surface area contributed by atoms with Gasteiger partial charge in [-0.3, -0.25) is 9.59 Å². The molecule has 0 saturated carbocycles. The van der Waals surface area contributed by atoms with E-state index in [1.807, 2.05) is 6.92 Å². The van der Waals surface area contributed by atoms with E-state index >= 15 is 0 Å². The Bertz CT molecular complexity index is 562. The Labute approximate surface area is 129 Å². The highest BCUT2D eigenvalue weighted by molar-refractivity contribution is 5.97. The van der Waals surface area contributed by atoms with E-state index in [-0.39, 0.29) is 17.6 Å². The zero-order valence-electron chi connectivity index (χ0n) is 12.9. The highest BCUT2D eigenvalue weighted by Gasteiger charge is 2.30. The normalized spacial score (nSPS) is 18.2. The minimum absolute atomic E-state index is 0.0408. The molecule has 2 rings (SSSR count). The first-order chi connectivity index (χ1) is 10.5. The van der Waals surface area contributed by atoms with Crippen LogP contribution in [0.15, 0.2) is 18.2 Å². The Hall–Kier alpha value is -2.11. The average molecular weight is 308 g/mol. The van der Waals surface area contributed by atoms with Crippen molar-refractivity contribution in [3.8, 4) is 5.75 Å². The van der Waals surface area contributed by atoms with Gasteiger partial charge < -0.3 is 15.0 Å². The molecule has 120 valence electrons. The average Bonchev–Trinajstić information content (AvgIpc) is 2.49. The van der Waals surface area contributed by atoms with E-state index in [1.165, 1.54) is 17.0 Å². The molecule has 2 amide bonds. The van der Waals surface area contributed by atoms with Crippen molar-refractivity contribution < 1.29 is 18.7 Å². The van der Waals surface area contributed by atoms with Crippen molar-refractivity contribution in [3.63, 3.8) is 0 Å². The summed E-state index contributed by atoms with van der Waals surface area (Å²) in [5.74, 6) is -0.679. The van der Waals surface area contributed by atoms with Gasteiger partial charge in [-0.15, -0.1) is 0 Å². The van der Waals surface area contributed by atoms with Crippen LogP contribution in [-0.2, 0) is 9.59 Å². The van der Waals surface area contributed by atoms with E-state index in [4.69, 9.17) is 4.74 Å². The molecule has 1 heterocycles. The molecule has 1 N–H and O–H groups in total. The molecule has 1 saturated heterocycles. The lowest BCUT2D eigenvalue weighted by Gasteiger charge is -2.31. The van der Waals surface area contributed by atoms with Gasteiger partial charge in [0, 0.05) is 25.2 Å². The summed E-state index contributed by atoms with van der Waals surface area (Å²) >= 11 is 0. The molecule has 1 aliphatic rings. The Morgan fingerprint density at radius 3 is 2.95 bits per heavy atom. The maximum absolute atomic E-state index is 13.9. The third kappa shape index (κ3) is 3.75. The quantitative estimate of drug-likeness (QED) is 0.909. The van der Waals surface area contributed by atoms with Gasteiger partial charge in [-0.1, -0.05) is 6.92 Å². The highest BCUT2D eigenvalue weighted by Crippen LogP contribution is 2.23. The molecule has 0 radical (unpaired) electrons. The van der Waals surface area contributed by atoms with Gasteiger partial charge in [-0.05, 0) is 31.4 Å². The Morgan fingerprint density at radius 1 is 1.50 bits per heavy atom. The highest BCUT2D eigenvalue weighted by atomic mass is 19.1. The molecular weight excluding hydrogens is 287 g/mol. The van der Waals surface area contributed by atoms with Crippen LogP contribution in [0.4, 0.5) is 10.1 Å². The van der Waals surface area contributed by atoms with Crippen LogP contribution in [0, 0.1) is 5.82 Å². The smallest absolute Gasteiger partial charge is 0.247 e. The number of piperidine rings is 1. The lowest BCUT2D eigenvalue weighted by molar-refractivity contribution is -0.140. The van der Waals surface area contributed by atoms with E-state index in [9.17, 15) is 14.0 Å². The molecule has 6 heteroatoms. The number of halogens is 1. The van der Waals surface area contributed by atoms with Crippen LogP contribution in [0.2, 0.25) is 0 Å². The van der Waals surface area contributed by atoms with Gasteiger partial charge in [0.2, 0.25) is 11.8 Å². The minimum atomic E-state index is -0.515. The van der Waals surface area contributed by atoms with Gasteiger partial charge in [0.05, 0.1) is 6.61 Å². The Morgan fingerprint density at radius 2 is 2.27 bits per heavy atom. The van der Waals surface area contributed by atoms with Crippen molar-refractivity contribution in [2.75, 3.05) is 19.0 Å². The molecule has 0 aliphatic carbocycles. The molecule has 1 atom stereocenters. The first-order valence-corrected chi connectivity index (χ1v) is 7.51. The first kappa shape index (κ1) is 16.3. The molecule has 1 unspecified atom stereocenters. The Kier molecular flexibility index (Phi) is 5.35. The second-order valence-corrected chi connectivity index (χ2v) is 5.40. The van der Waals surface area contributed by atoms with Crippen molar-refractivity contribution >= 4 is 17.5 Å². The van der Waals surface area contributed by atoms with E-state index in [0.29, 0.717) is 31.6 Å². The number of nitrogens with one attached hydrogen (secondary N) is 1. The summed E-state index contributed by atoms with van der Waals surface area (Å²) in [7, 11) is 1.62. The number of rotatable bonds is 5. The van der Waals surface area contributed by atoms with Crippen molar-refractivity contribution in [2.24, 2.45) is 0 Å². The topological polar surface area (TPSA) is 58.6 Å². The summed E-state index contributed by atoms with van der Waals surface area (Å²) in [5.41, 5.74) is 0.359. The molecule has 0 bridgehead atoms. The number of carbonyl (C=O) groups excluding carboxylic acids is 2. The Balaban J connectivity index is 2.02. The molecule has 1 aromatic carbocycles. The molecule has 0 spiro atoms. The second-order valence-electron chi connectivity index (χ2n) is 5.40. The standard InChI is InChI=1S/C16H21FN2O3/c1-3-9-22-14-8-7-11(10-12(14)17)18-16(21)13-5-4-6-15(20)19(13)2/h7-8,10,13H,3-6,9H2,1-2H3,(H,18,21). The minimum Gasteiger partial charge on any atom is -0.491 e. The number of ether oxygens (including phenoxy) is 1. The zero-order valence-corrected chi connectivity index (χ0v) is 12.9. The molecular formula is C16H21FN2O3. The predicted molar refractivity (Wildman–Crippen MR) is 81.2 cm³/mol. The molecule has 1 aromatic rings. The van der Waals surface area contributed by atoms with Crippen LogP contribution in [0.3, 0.4) is 0 Å². The summed E-state index contributed by atoms with van der Waals surface area (Å²) in [6.07, 6.45) is 2.58. The summed E-state index contributed by atoms with van der Waals surface area (Å²) in [5, 5.41) is 2.66. The maximum Gasteiger partial charge on any atom is 0.247 e. The SMILES string of the molecule is CCCOc1ccc(NC(=O)C2CCCC(=O)N2C)cc1F. The number of likely N-dealkylation sites (tertiary alicyclic amines) is 1. The van der Waals surface area contributed by atoms with Gasteiger partial charge in [0.15, 0.2) is 11.6 Å². The molecule has 1 aliphatic heterocycles. The van der Waals surface area contributed by atoms with Gasteiger partial charge in [0.1, 0.15) is 6.04 Å². The number of anilines is 1. The van der Waals surface area contributed by atoms with Crippen molar-refractivity contribution in [2.45, 2.75) is 38.6 Å². The van der Waals surface area contributed by atoms with E-state index in [0.717, 1.165) is 6.42 Å². The van der Waals surface area contributed by atoms with Crippen LogP contribution >= 0.6 is 0 Å². The fourth-order valence-corrected chi connectivity index (χ4v) is 2.43. The second kappa shape index (κ2) is 7.24.